The molecule has 0 aromatic heterocycles. The standard InChI is InChI=1S/C15H20N2O3/c1-11-3-2-4-12(9-11)15(20)16-10-14(19)17(7-8-18)13-5-6-13/h2-4,9,13,18H,5-8,10H2,1H3,(H,16,20). The topological polar surface area (TPSA) is 69.6 Å². The summed E-state index contributed by atoms with van der Waals surface area (Å²) in [7, 11) is 0. The third-order valence-electron chi connectivity index (χ3n) is 3.33. The smallest absolute Gasteiger partial charge is 0.251 e. The molecule has 1 fully saturated rings. The third-order valence-corrected chi connectivity index (χ3v) is 3.33. The number of nitrogens with one attached hydrogen (secondary N) is 1. The molecule has 0 spiro atoms. The van der Waals surface area contributed by atoms with E-state index in [2.05, 4.69) is 5.32 Å². The number of aryl methyl sites for hydroxylation is 1. The van der Waals surface area contributed by atoms with Crippen LogP contribution >= 0.6 is 0 Å². The summed E-state index contributed by atoms with van der Waals surface area (Å²) in [5.74, 6) is -0.385. The van der Waals surface area contributed by atoms with E-state index >= 15 is 0 Å². The molecule has 0 atom stereocenters. The Kier molecular flexibility index (Phi) is 4.74. The highest BCUT2D eigenvalue weighted by molar-refractivity contribution is 5.96. The lowest BCUT2D eigenvalue weighted by molar-refractivity contribution is -0.131. The molecule has 0 heterocycles. The van der Waals surface area contributed by atoms with Gasteiger partial charge in [0.05, 0.1) is 13.2 Å². The van der Waals surface area contributed by atoms with E-state index in [-0.39, 0.29) is 31.0 Å². The highest BCUT2D eigenvalue weighted by Crippen LogP contribution is 2.26. The average molecular weight is 276 g/mol. The van der Waals surface area contributed by atoms with Gasteiger partial charge < -0.3 is 15.3 Å². The number of nitrogens with zero attached hydrogens (tertiary/aromatic N) is 1. The van der Waals surface area contributed by atoms with Crippen molar-refractivity contribution in [3.63, 3.8) is 0 Å². The molecule has 5 heteroatoms. The second kappa shape index (κ2) is 6.52. The van der Waals surface area contributed by atoms with Gasteiger partial charge in [-0.25, -0.2) is 0 Å². The van der Waals surface area contributed by atoms with E-state index in [9.17, 15) is 9.59 Å². The van der Waals surface area contributed by atoms with Gasteiger partial charge in [0.2, 0.25) is 5.91 Å². The van der Waals surface area contributed by atoms with Crippen molar-refractivity contribution in [3.8, 4) is 0 Å². The normalized spacial score (nSPS) is 13.9. The first kappa shape index (κ1) is 14.5. The Bertz CT molecular complexity index is 498. The molecule has 20 heavy (non-hydrogen) atoms. The maximum atomic E-state index is 12.0. The van der Waals surface area contributed by atoms with Crippen LogP contribution in [0.2, 0.25) is 0 Å². The number of hydrogen-bond acceptors (Lipinski definition) is 3. The zero-order valence-corrected chi connectivity index (χ0v) is 11.6. The fourth-order valence-corrected chi connectivity index (χ4v) is 2.15. The van der Waals surface area contributed by atoms with E-state index < -0.39 is 0 Å². The van der Waals surface area contributed by atoms with Gasteiger partial charge in [-0.15, -0.1) is 0 Å². The second-order valence-corrected chi connectivity index (χ2v) is 5.09. The summed E-state index contributed by atoms with van der Waals surface area (Å²) in [6.07, 6.45) is 1.97. The monoisotopic (exact) mass is 276 g/mol. The van der Waals surface area contributed by atoms with Gasteiger partial charge in [-0.1, -0.05) is 17.7 Å². The Labute approximate surface area is 118 Å². The molecule has 0 unspecified atom stereocenters. The molecule has 2 rings (SSSR count). The van der Waals surface area contributed by atoms with Crippen molar-refractivity contribution in [2.45, 2.75) is 25.8 Å². The van der Waals surface area contributed by atoms with Crippen LogP contribution in [0, 0.1) is 6.92 Å². The van der Waals surface area contributed by atoms with Crippen molar-refractivity contribution >= 4 is 11.8 Å². The predicted octanol–water partition coefficient (Wildman–Crippen LogP) is 0.708. The van der Waals surface area contributed by atoms with E-state index in [0.717, 1.165) is 18.4 Å². The molecular formula is C15H20N2O3. The summed E-state index contributed by atoms with van der Waals surface area (Å²) in [6.45, 7) is 2.18. The van der Waals surface area contributed by atoms with Crippen molar-refractivity contribution in [1.29, 1.82) is 0 Å². The van der Waals surface area contributed by atoms with Gasteiger partial charge in [0.25, 0.3) is 5.91 Å². The Balaban J connectivity index is 1.87. The Morgan fingerprint density at radius 3 is 2.75 bits per heavy atom. The average Bonchev–Trinajstić information content (AvgIpc) is 3.26. The van der Waals surface area contributed by atoms with Crippen molar-refractivity contribution < 1.29 is 14.7 Å². The van der Waals surface area contributed by atoms with Gasteiger partial charge in [0.15, 0.2) is 0 Å². The van der Waals surface area contributed by atoms with Crippen LogP contribution in [-0.2, 0) is 4.79 Å². The van der Waals surface area contributed by atoms with Crippen molar-refractivity contribution in [2.75, 3.05) is 19.7 Å². The van der Waals surface area contributed by atoms with Crippen LogP contribution in [0.25, 0.3) is 0 Å². The quantitative estimate of drug-likeness (QED) is 0.804. The van der Waals surface area contributed by atoms with Gasteiger partial charge in [0, 0.05) is 18.2 Å². The van der Waals surface area contributed by atoms with Crippen LogP contribution in [0.4, 0.5) is 0 Å². The summed E-state index contributed by atoms with van der Waals surface area (Å²) >= 11 is 0. The number of rotatable bonds is 6. The van der Waals surface area contributed by atoms with Crippen LogP contribution in [0.3, 0.4) is 0 Å². The molecule has 1 aliphatic rings. The number of carbonyl (C=O) groups excluding carboxylic acids is 2. The Morgan fingerprint density at radius 2 is 2.15 bits per heavy atom. The third kappa shape index (κ3) is 3.81. The maximum absolute atomic E-state index is 12.0. The molecule has 2 N–H and O–H groups in total. The zero-order chi connectivity index (χ0) is 14.5. The summed E-state index contributed by atoms with van der Waals surface area (Å²) in [6, 6.07) is 7.48. The van der Waals surface area contributed by atoms with Crippen LogP contribution in [0.15, 0.2) is 24.3 Å². The molecule has 1 aromatic carbocycles. The molecule has 2 amide bonds. The SMILES string of the molecule is Cc1cccc(C(=O)NCC(=O)N(CCO)C2CC2)c1. The second-order valence-electron chi connectivity index (χ2n) is 5.09. The fourth-order valence-electron chi connectivity index (χ4n) is 2.15. The minimum atomic E-state index is -0.248. The van der Waals surface area contributed by atoms with E-state index in [0.29, 0.717) is 12.1 Å². The summed E-state index contributed by atoms with van der Waals surface area (Å²) < 4.78 is 0. The first-order valence-corrected chi connectivity index (χ1v) is 6.87. The summed E-state index contributed by atoms with van der Waals surface area (Å²) in [5.41, 5.74) is 1.56. The Hall–Kier alpha value is -1.88. The van der Waals surface area contributed by atoms with Crippen molar-refractivity contribution in [2.24, 2.45) is 0 Å². The number of benzene rings is 1. The number of carbonyl (C=O) groups is 2. The van der Waals surface area contributed by atoms with E-state index in [1.165, 1.54) is 0 Å². The van der Waals surface area contributed by atoms with Gasteiger partial charge in [-0.3, -0.25) is 9.59 Å². The molecule has 0 bridgehead atoms. The lowest BCUT2D eigenvalue weighted by atomic mass is 10.1. The van der Waals surface area contributed by atoms with Gasteiger partial charge in [0.1, 0.15) is 0 Å². The van der Waals surface area contributed by atoms with E-state index in [1.807, 2.05) is 19.1 Å². The lowest BCUT2D eigenvalue weighted by Crippen LogP contribution is -2.42. The molecule has 108 valence electrons. The number of aliphatic hydroxyl groups is 1. The van der Waals surface area contributed by atoms with Gasteiger partial charge in [-0.05, 0) is 31.9 Å². The van der Waals surface area contributed by atoms with E-state index in [4.69, 9.17) is 5.11 Å². The molecule has 0 radical (unpaired) electrons. The number of hydrogen-bond donors (Lipinski definition) is 2. The zero-order valence-electron chi connectivity index (χ0n) is 11.6. The molecular weight excluding hydrogens is 256 g/mol. The van der Waals surface area contributed by atoms with Crippen molar-refractivity contribution in [3.05, 3.63) is 35.4 Å². The molecule has 5 nitrogen and oxygen atoms in total. The minimum absolute atomic E-state index is 0.0245. The summed E-state index contributed by atoms with van der Waals surface area (Å²) in [4.78, 5) is 25.6. The largest absolute Gasteiger partial charge is 0.395 e. The van der Waals surface area contributed by atoms with Crippen LogP contribution in [0.5, 0.6) is 0 Å². The Morgan fingerprint density at radius 1 is 1.40 bits per heavy atom. The first-order valence-electron chi connectivity index (χ1n) is 6.87. The fraction of sp³-hybridized carbons (Fsp3) is 0.467. The molecule has 1 aliphatic carbocycles. The summed E-state index contributed by atoms with van der Waals surface area (Å²) in [5, 5.41) is 11.6. The molecule has 1 aromatic rings. The molecule has 0 saturated heterocycles. The number of aliphatic hydroxyl groups excluding tert-OH is 1. The molecule has 1 saturated carbocycles. The highest BCUT2D eigenvalue weighted by atomic mass is 16.3. The predicted molar refractivity (Wildman–Crippen MR) is 75.3 cm³/mol. The van der Waals surface area contributed by atoms with Gasteiger partial charge in [-0.2, -0.15) is 0 Å². The van der Waals surface area contributed by atoms with E-state index in [1.54, 1.807) is 17.0 Å². The van der Waals surface area contributed by atoms with Crippen molar-refractivity contribution in [1.82, 2.24) is 10.2 Å². The van der Waals surface area contributed by atoms with Crippen LogP contribution < -0.4 is 5.32 Å². The maximum Gasteiger partial charge on any atom is 0.251 e. The lowest BCUT2D eigenvalue weighted by Gasteiger charge is -2.21. The molecule has 0 aliphatic heterocycles. The van der Waals surface area contributed by atoms with Crippen LogP contribution in [-0.4, -0.2) is 47.6 Å². The first-order chi connectivity index (χ1) is 9.61. The van der Waals surface area contributed by atoms with Crippen LogP contribution in [0.1, 0.15) is 28.8 Å². The van der Waals surface area contributed by atoms with Gasteiger partial charge >= 0.3 is 0 Å². The minimum Gasteiger partial charge on any atom is -0.395 e. The number of amides is 2. The highest BCUT2D eigenvalue weighted by Gasteiger charge is 2.31.